The standard InChI is InChI=1S/C29H25F7O/c1-2-3-4-5-6-7-8-15-37-20-12-10-19(11-13-20)24-28(35)25(32)21(26(33)29(24)36)14-9-18-16-22(30)27(34)23(31)17-18/h10-13,16-17H,2-8,15H2,1H3. The highest BCUT2D eigenvalue weighted by Crippen LogP contribution is 2.33. The molecule has 0 saturated heterocycles. The van der Waals surface area contributed by atoms with E-state index in [1.54, 1.807) is 0 Å². The number of ether oxygens (including phenoxy) is 1. The highest BCUT2D eigenvalue weighted by Gasteiger charge is 2.25. The van der Waals surface area contributed by atoms with Crippen LogP contribution < -0.4 is 4.74 Å². The second-order valence-corrected chi connectivity index (χ2v) is 8.50. The lowest BCUT2D eigenvalue weighted by molar-refractivity contribution is 0.304. The predicted molar refractivity (Wildman–Crippen MR) is 127 cm³/mol. The summed E-state index contributed by atoms with van der Waals surface area (Å²) in [6.45, 7) is 2.62. The van der Waals surface area contributed by atoms with Crippen LogP contribution in [0, 0.1) is 52.6 Å². The van der Waals surface area contributed by atoms with Crippen LogP contribution in [0.3, 0.4) is 0 Å². The smallest absolute Gasteiger partial charge is 0.194 e. The average molecular weight is 523 g/mol. The van der Waals surface area contributed by atoms with E-state index in [4.69, 9.17) is 4.74 Å². The van der Waals surface area contributed by atoms with Crippen molar-refractivity contribution in [3.8, 4) is 28.7 Å². The highest BCUT2D eigenvalue weighted by molar-refractivity contribution is 5.67. The minimum atomic E-state index is -1.77. The van der Waals surface area contributed by atoms with E-state index in [9.17, 15) is 30.7 Å². The Labute approximate surface area is 211 Å². The molecule has 0 aliphatic carbocycles. The molecule has 0 aliphatic heterocycles. The topological polar surface area (TPSA) is 9.23 Å². The molecule has 3 aromatic rings. The highest BCUT2D eigenvalue weighted by atomic mass is 19.2. The molecule has 0 heterocycles. The van der Waals surface area contributed by atoms with Crippen LogP contribution in [0.15, 0.2) is 36.4 Å². The van der Waals surface area contributed by atoms with E-state index in [0.717, 1.165) is 19.3 Å². The van der Waals surface area contributed by atoms with Crippen molar-refractivity contribution in [2.24, 2.45) is 0 Å². The van der Waals surface area contributed by atoms with Crippen LogP contribution in [-0.4, -0.2) is 6.61 Å². The van der Waals surface area contributed by atoms with E-state index < -0.39 is 57.4 Å². The van der Waals surface area contributed by atoms with Crippen molar-refractivity contribution in [2.45, 2.75) is 51.9 Å². The molecule has 0 radical (unpaired) electrons. The molecule has 37 heavy (non-hydrogen) atoms. The van der Waals surface area contributed by atoms with Crippen LogP contribution in [0.4, 0.5) is 30.7 Å². The second kappa shape index (κ2) is 13.2. The normalized spacial score (nSPS) is 10.8. The first-order valence-corrected chi connectivity index (χ1v) is 12.0. The molecule has 0 unspecified atom stereocenters. The number of rotatable bonds is 10. The molecule has 0 fully saturated rings. The number of halogens is 7. The average Bonchev–Trinajstić information content (AvgIpc) is 2.88. The number of benzene rings is 3. The Balaban J connectivity index is 1.73. The Morgan fingerprint density at radius 3 is 1.73 bits per heavy atom. The lowest BCUT2D eigenvalue weighted by Crippen LogP contribution is -2.04. The largest absolute Gasteiger partial charge is 0.494 e. The zero-order chi connectivity index (χ0) is 26.9. The maximum absolute atomic E-state index is 14.7. The van der Waals surface area contributed by atoms with Gasteiger partial charge >= 0.3 is 0 Å². The fraction of sp³-hybridized carbons (Fsp3) is 0.310. The molecule has 1 nitrogen and oxygen atoms in total. The maximum atomic E-state index is 14.7. The van der Waals surface area contributed by atoms with Crippen molar-refractivity contribution in [3.05, 3.63) is 88.2 Å². The molecular formula is C29H25F7O. The van der Waals surface area contributed by atoms with Crippen LogP contribution in [0.1, 0.15) is 63.0 Å². The third-order valence-corrected chi connectivity index (χ3v) is 5.74. The minimum absolute atomic E-state index is 0.127. The lowest BCUT2D eigenvalue weighted by Gasteiger charge is -2.11. The summed E-state index contributed by atoms with van der Waals surface area (Å²) in [5.74, 6) is -7.56. The molecular weight excluding hydrogens is 497 g/mol. The molecule has 3 aromatic carbocycles. The van der Waals surface area contributed by atoms with Gasteiger partial charge in [0.1, 0.15) is 11.3 Å². The van der Waals surface area contributed by atoms with Crippen LogP contribution in [0.5, 0.6) is 5.75 Å². The van der Waals surface area contributed by atoms with Gasteiger partial charge in [-0.15, -0.1) is 0 Å². The van der Waals surface area contributed by atoms with E-state index in [-0.39, 0.29) is 5.56 Å². The Bertz CT molecular complexity index is 1240. The molecule has 0 aliphatic rings. The van der Waals surface area contributed by atoms with Gasteiger partial charge in [-0.05, 0) is 36.2 Å². The summed E-state index contributed by atoms with van der Waals surface area (Å²) in [5.41, 5.74) is -2.80. The SMILES string of the molecule is CCCCCCCCCOc1ccc(-c2c(F)c(F)c(C#Cc3cc(F)c(F)c(F)c3)c(F)c2F)cc1. The monoisotopic (exact) mass is 522 g/mol. The fourth-order valence-corrected chi connectivity index (χ4v) is 3.72. The first-order chi connectivity index (χ1) is 17.7. The summed E-state index contributed by atoms with van der Waals surface area (Å²) in [6, 6.07) is 6.40. The van der Waals surface area contributed by atoms with Crippen molar-refractivity contribution in [2.75, 3.05) is 6.61 Å². The first kappa shape index (κ1) is 28.1. The van der Waals surface area contributed by atoms with Crippen molar-refractivity contribution >= 4 is 0 Å². The van der Waals surface area contributed by atoms with E-state index in [1.807, 2.05) is 11.8 Å². The van der Waals surface area contributed by atoms with Crippen molar-refractivity contribution in [1.82, 2.24) is 0 Å². The summed E-state index contributed by atoms with van der Waals surface area (Å²) >= 11 is 0. The molecule has 0 atom stereocenters. The molecule has 0 aromatic heterocycles. The van der Waals surface area contributed by atoms with Crippen LogP contribution in [0.2, 0.25) is 0 Å². The van der Waals surface area contributed by atoms with Crippen LogP contribution in [-0.2, 0) is 0 Å². The maximum Gasteiger partial charge on any atom is 0.194 e. The van der Waals surface area contributed by atoms with Gasteiger partial charge in [-0.1, -0.05) is 69.4 Å². The summed E-state index contributed by atoms with van der Waals surface area (Å²) in [6.07, 6.45) is 7.81. The zero-order valence-electron chi connectivity index (χ0n) is 20.2. The van der Waals surface area contributed by atoms with Crippen LogP contribution >= 0.6 is 0 Å². The van der Waals surface area contributed by atoms with Gasteiger partial charge < -0.3 is 4.74 Å². The van der Waals surface area contributed by atoms with E-state index >= 15 is 0 Å². The Kier molecular flexibility index (Phi) is 10.0. The fourth-order valence-electron chi connectivity index (χ4n) is 3.72. The van der Waals surface area contributed by atoms with Crippen molar-refractivity contribution in [1.29, 1.82) is 0 Å². The quantitative estimate of drug-likeness (QED) is 0.0850. The van der Waals surface area contributed by atoms with Crippen molar-refractivity contribution < 1.29 is 35.5 Å². The minimum Gasteiger partial charge on any atom is -0.494 e. The molecule has 0 amide bonds. The van der Waals surface area contributed by atoms with Crippen LogP contribution in [0.25, 0.3) is 11.1 Å². The van der Waals surface area contributed by atoms with E-state index in [1.165, 1.54) is 49.9 Å². The molecule has 0 bridgehead atoms. The van der Waals surface area contributed by atoms with Gasteiger partial charge in [0.25, 0.3) is 0 Å². The molecule has 3 rings (SSSR count). The van der Waals surface area contributed by atoms with Gasteiger partial charge in [0.15, 0.2) is 40.7 Å². The third kappa shape index (κ3) is 7.06. The predicted octanol–water partition coefficient (Wildman–Crippen LogP) is 8.86. The summed E-state index contributed by atoms with van der Waals surface area (Å²) in [4.78, 5) is 0. The Hall–Kier alpha value is -3.47. The Morgan fingerprint density at radius 1 is 0.622 bits per heavy atom. The molecule has 196 valence electrons. The van der Waals surface area contributed by atoms with Gasteiger partial charge in [0.2, 0.25) is 0 Å². The lowest BCUT2D eigenvalue weighted by atomic mass is 10.0. The third-order valence-electron chi connectivity index (χ3n) is 5.74. The van der Waals surface area contributed by atoms with E-state index in [2.05, 4.69) is 6.92 Å². The molecule has 8 heteroatoms. The number of unbranched alkanes of at least 4 members (excludes halogenated alkanes) is 6. The van der Waals surface area contributed by atoms with E-state index in [0.29, 0.717) is 24.5 Å². The summed E-state index contributed by atoms with van der Waals surface area (Å²) in [5, 5.41) is 0. The zero-order valence-corrected chi connectivity index (χ0v) is 20.2. The second-order valence-electron chi connectivity index (χ2n) is 8.50. The van der Waals surface area contributed by atoms with Gasteiger partial charge in [-0.2, -0.15) is 0 Å². The summed E-state index contributed by atoms with van der Waals surface area (Å²) in [7, 11) is 0. The first-order valence-electron chi connectivity index (χ1n) is 12.0. The van der Waals surface area contributed by atoms with Gasteiger partial charge in [-0.3, -0.25) is 0 Å². The van der Waals surface area contributed by atoms with Gasteiger partial charge in [-0.25, -0.2) is 30.7 Å². The van der Waals surface area contributed by atoms with Gasteiger partial charge in [0.05, 0.1) is 12.2 Å². The molecule has 0 saturated carbocycles. The Morgan fingerprint density at radius 2 is 1.16 bits per heavy atom. The number of hydrogen-bond acceptors (Lipinski definition) is 1. The van der Waals surface area contributed by atoms with Gasteiger partial charge in [0, 0.05) is 5.56 Å². The van der Waals surface area contributed by atoms with Crippen molar-refractivity contribution in [3.63, 3.8) is 0 Å². The molecule has 0 N–H and O–H groups in total. The number of hydrogen-bond donors (Lipinski definition) is 0. The molecule has 0 spiro atoms. The summed E-state index contributed by atoms with van der Waals surface area (Å²) < 4.78 is 104.